The second kappa shape index (κ2) is 3.14. The van der Waals surface area contributed by atoms with Gasteiger partial charge in [0.2, 0.25) is 0 Å². The molecular formula is C10H12N2O2. The zero-order chi connectivity index (χ0) is 10.1. The van der Waals surface area contributed by atoms with Crippen LogP contribution in [0.4, 0.5) is 5.69 Å². The highest BCUT2D eigenvalue weighted by atomic mass is 16.5. The van der Waals surface area contributed by atoms with Crippen LogP contribution in [0.25, 0.3) is 10.9 Å². The zero-order valence-corrected chi connectivity index (χ0v) is 8.13. The fraction of sp³-hybridized carbons (Fsp3) is 0.200. The van der Waals surface area contributed by atoms with E-state index in [9.17, 15) is 0 Å². The van der Waals surface area contributed by atoms with Crippen LogP contribution < -0.4 is 15.2 Å². The van der Waals surface area contributed by atoms with Crippen LogP contribution in [-0.2, 0) is 0 Å². The Kier molecular flexibility index (Phi) is 1.96. The number of nitrogens with two attached hydrogens (primary N) is 1. The maximum Gasteiger partial charge on any atom is 0.162 e. The molecule has 0 aliphatic carbocycles. The number of benzene rings is 1. The topological polar surface area (TPSA) is 60.3 Å². The van der Waals surface area contributed by atoms with E-state index in [1.165, 1.54) is 0 Å². The van der Waals surface area contributed by atoms with Gasteiger partial charge in [0.05, 0.1) is 25.4 Å². The summed E-state index contributed by atoms with van der Waals surface area (Å²) in [6.45, 7) is 0. The molecule has 3 N–H and O–H groups in total. The van der Waals surface area contributed by atoms with Crippen molar-refractivity contribution in [3.63, 3.8) is 0 Å². The number of methoxy groups -OCH3 is 2. The van der Waals surface area contributed by atoms with Crippen molar-refractivity contribution in [3.8, 4) is 11.5 Å². The molecule has 4 heteroatoms. The number of hydrogen-bond acceptors (Lipinski definition) is 3. The highest BCUT2D eigenvalue weighted by Gasteiger charge is 2.08. The summed E-state index contributed by atoms with van der Waals surface area (Å²) in [6.07, 6.45) is 1.75. The fourth-order valence-corrected chi connectivity index (χ4v) is 1.47. The predicted molar refractivity (Wildman–Crippen MR) is 55.8 cm³/mol. The van der Waals surface area contributed by atoms with Crippen molar-refractivity contribution < 1.29 is 9.47 Å². The van der Waals surface area contributed by atoms with Gasteiger partial charge in [0.1, 0.15) is 0 Å². The van der Waals surface area contributed by atoms with Crippen LogP contribution >= 0.6 is 0 Å². The van der Waals surface area contributed by atoms with Crippen LogP contribution in [0.5, 0.6) is 11.5 Å². The van der Waals surface area contributed by atoms with Crippen LogP contribution in [0.3, 0.4) is 0 Å². The summed E-state index contributed by atoms with van der Waals surface area (Å²) in [6, 6.07) is 3.73. The largest absolute Gasteiger partial charge is 0.493 e. The van der Waals surface area contributed by atoms with Gasteiger partial charge in [-0.15, -0.1) is 0 Å². The van der Waals surface area contributed by atoms with E-state index < -0.39 is 0 Å². The highest BCUT2D eigenvalue weighted by molar-refractivity contribution is 5.93. The minimum Gasteiger partial charge on any atom is -0.493 e. The molecule has 0 unspecified atom stereocenters. The summed E-state index contributed by atoms with van der Waals surface area (Å²) in [7, 11) is 3.21. The number of fused-ring (bicyclic) bond motifs is 1. The van der Waals surface area contributed by atoms with Gasteiger partial charge in [-0.3, -0.25) is 0 Å². The Hall–Kier alpha value is -1.84. The molecule has 14 heavy (non-hydrogen) atoms. The molecule has 0 radical (unpaired) electrons. The third kappa shape index (κ3) is 1.16. The van der Waals surface area contributed by atoms with E-state index in [-0.39, 0.29) is 0 Å². The first-order valence-electron chi connectivity index (χ1n) is 4.25. The van der Waals surface area contributed by atoms with Gasteiger partial charge >= 0.3 is 0 Å². The van der Waals surface area contributed by atoms with E-state index in [1.54, 1.807) is 20.4 Å². The molecule has 0 fully saturated rings. The van der Waals surface area contributed by atoms with Crippen molar-refractivity contribution in [1.82, 2.24) is 4.98 Å². The van der Waals surface area contributed by atoms with Crippen LogP contribution in [0, 0.1) is 0 Å². The summed E-state index contributed by atoms with van der Waals surface area (Å²) in [5.74, 6) is 1.38. The molecule has 0 saturated heterocycles. The first-order valence-corrected chi connectivity index (χ1v) is 4.25. The molecule has 2 aromatic rings. The van der Waals surface area contributed by atoms with Gasteiger partial charge in [0.15, 0.2) is 11.5 Å². The Morgan fingerprint density at radius 1 is 1.14 bits per heavy atom. The van der Waals surface area contributed by atoms with Crippen LogP contribution in [0.1, 0.15) is 0 Å². The molecule has 1 aromatic carbocycles. The molecule has 4 nitrogen and oxygen atoms in total. The lowest BCUT2D eigenvalue weighted by Gasteiger charge is -2.07. The smallest absolute Gasteiger partial charge is 0.162 e. The number of aromatic amines is 1. The maximum absolute atomic E-state index is 5.76. The van der Waals surface area contributed by atoms with Crippen molar-refractivity contribution in [1.29, 1.82) is 0 Å². The second-order valence-corrected chi connectivity index (χ2v) is 3.00. The summed E-state index contributed by atoms with van der Waals surface area (Å²) in [5, 5.41) is 0.947. The Labute approximate surface area is 81.6 Å². The van der Waals surface area contributed by atoms with Gasteiger partial charge < -0.3 is 20.2 Å². The van der Waals surface area contributed by atoms with Crippen molar-refractivity contribution in [3.05, 3.63) is 18.3 Å². The fourth-order valence-electron chi connectivity index (χ4n) is 1.47. The molecule has 0 atom stereocenters. The van der Waals surface area contributed by atoms with Gasteiger partial charge in [-0.25, -0.2) is 0 Å². The summed E-state index contributed by atoms with van der Waals surface area (Å²) in [4.78, 5) is 3.05. The molecule has 0 spiro atoms. The van der Waals surface area contributed by atoms with Gasteiger partial charge in [-0.1, -0.05) is 0 Å². The Bertz CT molecular complexity index is 462. The highest BCUT2D eigenvalue weighted by Crippen LogP contribution is 2.33. The number of hydrogen-bond donors (Lipinski definition) is 2. The van der Waals surface area contributed by atoms with Gasteiger partial charge in [-0.2, -0.15) is 0 Å². The predicted octanol–water partition coefficient (Wildman–Crippen LogP) is 1.77. The van der Waals surface area contributed by atoms with Gasteiger partial charge in [0, 0.05) is 17.6 Å². The number of nitrogens with one attached hydrogen (secondary N) is 1. The number of ether oxygens (including phenoxy) is 2. The SMILES string of the molecule is COc1cc2[nH]cc(N)c2cc1OC. The van der Waals surface area contributed by atoms with Crippen LogP contribution in [0.2, 0.25) is 0 Å². The van der Waals surface area contributed by atoms with E-state index in [0.29, 0.717) is 17.2 Å². The first-order chi connectivity index (χ1) is 6.76. The number of H-pyrrole nitrogens is 1. The first kappa shape index (κ1) is 8.74. The number of anilines is 1. The minimum absolute atomic E-state index is 0.686. The molecule has 1 aromatic heterocycles. The molecule has 1 heterocycles. The standard InChI is InChI=1S/C10H12N2O2/c1-13-9-3-6-7(11)5-12-8(6)4-10(9)14-2/h3-5,12H,11H2,1-2H3. The maximum atomic E-state index is 5.76. The molecule has 0 bridgehead atoms. The van der Waals surface area contributed by atoms with Crippen molar-refractivity contribution in [2.24, 2.45) is 0 Å². The third-order valence-electron chi connectivity index (χ3n) is 2.22. The lowest BCUT2D eigenvalue weighted by atomic mass is 10.2. The zero-order valence-electron chi connectivity index (χ0n) is 8.13. The number of aromatic nitrogens is 1. The van der Waals surface area contributed by atoms with E-state index >= 15 is 0 Å². The summed E-state index contributed by atoms with van der Waals surface area (Å²) in [5.41, 5.74) is 7.42. The van der Waals surface area contributed by atoms with Gasteiger partial charge in [-0.05, 0) is 6.07 Å². The van der Waals surface area contributed by atoms with E-state index in [2.05, 4.69) is 4.98 Å². The van der Waals surface area contributed by atoms with E-state index in [0.717, 1.165) is 10.9 Å². The Morgan fingerprint density at radius 3 is 2.43 bits per heavy atom. The average Bonchev–Trinajstić information content (AvgIpc) is 2.58. The van der Waals surface area contributed by atoms with Crippen molar-refractivity contribution in [2.45, 2.75) is 0 Å². The lowest BCUT2D eigenvalue weighted by molar-refractivity contribution is 0.356. The number of rotatable bonds is 2. The van der Waals surface area contributed by atoms with Crippen LogP contribution in [0.15, 0.2) is 18.3 Å². The average molecular weight is 192 g/mol. The lowest BCUT2D eigenvalue weighted by Crippen LogP contribution is -1.90. The van der Waals surface area contributed by atoms with Crippen molar-refractivity contribution >= 4 is 16.6 Å². The Morgan fingerprint density at radius 2 is 1.79 bits per heavy atom. The molecule has 0 saturated carbocycles. The molecule has 0 aliphatic rings. The molecule has 2 rings (SSSR count). The normalized spacial score (nSPS) is 10.4. The quantitative estimate of drug-likeness (QED) is 0.762. The van der Waals surface area contributed by atoms with E-state index in [1.807, 2.05) is 12.1 Å². The summed E-state index contributed by atoms with van der Waals surface area (Å²) < 4.78 is 10.3. The monoisotopic (exact) mass is 192 g/mol. The summed E-state index contributed by atoms with van der Waals surface area (Å²) >= 11 is 0. The molecule has 0 aliphatic heterocycles. The molecule has 0 amide bonds. The number of nitrogen functional groups attached to an aromatic ring is 1. The molecule has 74 valence electrons. The molecular weight excluding hydrogens is 180 g/mol. The Balaban J connectivity index is 2.71. The van der Waals surface area contributed by atoms with Crippen molar-refractivity contribution in [2.75, 3.05) is 20.0 Å². The second-order valence-electron chi connectivity index (χ2n) is 3.00. The third-order valence-corrected chi connectivity index (χ3v) is 2.22. The minimum atomic E-state index is 0.686. The van der Waals surface area contributed by atoms with Gasteiger partial charge in [0.25, 0.3) is 0 Å². The van der Waals surface area contributed by atoms with Crippen LogP contribution in [-0.4, -0.2) is 19.2 Å². The van der Waals surface area contributed by atoms with E-state index in [4.69, 9.17) is 15.2 Å².